The Morgan fingerprint density at radius 3 is 2.37 bits per heavy atom. The molecule has 0 bridgehead atoms. The molecule has 0 heterocycles. The molecule has 6 nitrogen and oxygen atoms in total. The highest BCUT2D eigenvalue weighted by molar-refractivity contribution is 7.92. The van der Waals surface area contributed by atoms with Gasteiger partial charge in [-0.1, -0.05) is 29.8 Å². The van der Waals surface area contributed by atoms with E-state index in [1.807, 2.05) is 26.0 Å². The summed E-state index contributed by atoms with van der Waals surface area (Å²) in [5, 5.41) is 2.78. The Kier molecular flexibility index (Phi) is 6.42. The van der Waals surface area contributed by atoms with Gasteiger partial charge in [0, 0.05) is 23.0 Å². The summed E-state index contributed by atoms with van der Waals surface area (Å²) in [5.74, 6) is 0.236. The van der Waals surface area contributed by atoms with Crippen molar-refractivity contribution in [2.75, 3.05) is 16.6 Å². The first-order valence-electron chi connectivity index (χ1n) is 9.53. The number of benzene rings is 3. The van der Waals surface area contributed by atoms with Crippen molar-refractivity contribution in [2.24, 2.45) is 0 Å². The molecule has 3 rings (SSSR count). The van der Waals surface area contributed by atoms with Crippen LogP contribution in [0, 0.1) is 13.8 Å². The van der Waals surface area contributed by atoms with E-state index in [1.165, 1.54) is 6.07 Å². The van der Waals surface area contributed by atoms with E-state index in [2.05, 4.69) is 10.0 Å². The van der Waals surface area contributed by atoms with Gasteiger partial charge in [-0.3, -0.25) is 9.52 Å². The molecule has 0 spiro atoms. The number of carbonyl (C=O) groups is 1. The van der Waals surface area contributed by atoms with E-state index in [4.69, 9.17) is 4.74 Å². The van der Waals surface area contributed by atoms with E-state index < -0.39 is 15.9 Å². The summed E-state index contributed by atoms with van der Waals surface area (Å²) in [6, 6.07) is 18.7. The molecular weight excluding hydrogens is 400 g/mol. The Bertz CT molecular complexity index is 1160. The van der Waals surface area contributed by atoms with E-state index in [0.29, 0.717) is 29.3 Å². The van der Waals surface area contributed by atoms with Crippen LogP contribution in [0.15, 0.2) is 71.6 Å². The fraction of sp³-hybridized carbons (Fsp3) is 0.174. The first-order chi connectivity index (χ1) is 14.3. The predicted octanol–water partition coefficient (Wildman–Crippen LogP) is 4.76. The zero-order chi connectivity index (χ0) is 21.7. The Hall–Kier alpha value is -3.32. The van der Waals surface area contributed by atoms with Gasteiger partial charge in [0.05, 0.1) is 11.5 Å². The lowest BCUT2D eigenvalue weighted by Gasteiger charge is -2.13. The van der Waals surface area contributed by atoms with Crippen LogP contribution in [0.4, 0.5) is 11.4 Å². The quantitative estimate of drug-likeness (QED) is 0.573. The van der Waals surface area contributed by atoms with Gasteiger partial charge < -0.3 is 10.1 Å². The minimum absolute atomic E-state index is 0.0544. The molecule has 3 aromatic rings. The molecule has 3 aromatic carbocycles. The zero-order valence-corrected chi connectivity index (χ0v) is 17.9. The van der Waals surface area contributed by atoms with Crippen LogP contribution in [0.3, 0.4) is 0 Å². The second-order valence-corrected chi connectivity index (χ2v) is 8.52. The number of rotatable bonds is 7. The number of anilines is 2. The Morgan fingerprint density at radius 2 is 1.67 bits per heavy atom. The van der Waals surface area contributed by atoms with Gasteiger partial charge in [-0.25, -0.2) is 8.42 Å². The molecule has 0 saturated heterocycles. The molecule has 0 fully saturated rings. The van der Waals surface area contributed by atoms with E-state index >= 15 is 0 Å². The molecule has 2 N–H and O–H groups in total. The Labute approximate surface area is 177 Å². The number of hydrogen-bond acceptors (Lipinski definition) is 4. The Balaban J connectivity index is 1.84. The van der Waals surface area contributed by atoms with Crippen LogP contribution < -0.4 is 14.8 Å². The number of nitrogens with one attached hydrogen (secondary N) is 2. The molecule has 30 heavy (non-hydrogen) atoms. The number of ether oxygens (including phenoxy) is 1. The lowest BCUT2D eigenvalue weighted by atomic mass is 10.1. The molecule has 0 aliphatic heterocycles. The topological polar surface area (TPSA) is 84.5 Å². The molecule has 0 aliphatic carbocycles. The fourth-order valence-electron chi connectivity index (χ4n) is 2.90. The second-order valence-electron chi connectivity index (χ2n) is 6.87. The minimum atomic E-state index is -3.85. The molecule has 0 atom stereocenters. The molecule has 7 heteroatoms. The van der Waals surface area contributed by atoms with Crippen LogP contribution in [-0.4, -0.2) is 20.9 Å². The van der Waals surface area contributed by atoms with Gasteiger partial charge in [0.1, 0.15) is 5.75 Å². The lowest BCUT2D eigenvalue weighted by molar-refractivity contribution is 0.102. The van der Waals surface area contributed by atoms with E-state index in [9.17, 15) is 13.2 Å². The smallest absolute Gasteiger partial charge is 0.262 e. The average Bonchev–Trinajstić information content (AvgIpc) is 2.70. The summed E-state index contributed by atoms with van der Waals surface area (Å²) >= 11 is 0. The van der Waals surface area contributed by atoms with Crippen molar-refractivity contribution in [1.29, 1.82) is 0 Å². The highest BCUT2D eigenvalue weighted by Gasteiger charge is 2.19. The van der Waals surface area contributed by atoms with Crippen LogP contribution in [0.2, 0.25) is 0 Å². The lowest BCUT2D eigenvalue weighted by Crippen LogP contribution is -2.17. The molecular formula is C23H24N2O4S. The first kappa shape index (κ1) is 21.4. The van der Waals surface area contributed by atoms with Crippen LogP contribution in [-0.2, 0) is 10.0 Å². The van der Waals surface area contributed by atoms with Gasteiger partial charge in [-0.2, -0.15) is 0 Å². The van der Waals surface area contributed by atoms with Crippen molar-refractivity contribution in [2.45, 2.75) is 25.7 Å². The van der Waals surface area contributed by atoms with E-state index in [1.54, 1.807) is 55.5 Å². The average molecular weight is 425 g/mol. The summed E-state index contributed by atoms with van der Waals surface area (Å²) in [7, 11) is -3.85. The first-order valence-corrected chi connectivity index (χ1v) is 11.0. The minimum Gasteiger partial charge on any atom is -0.494 e. The fourth-order valence-corrected chi connectivity index (χ4v) is 4.23. The van der Waals surface area contributed by atoms with Crippen LogP contribution in [0.25, 0.3) is 0 Å². The van der Waals surface area contributed by atoms with Crippen molar-refractivity contribution in [3.05, 3.63) is 83.4 Å². The van der Waals surface area contributed by atoms with Crippen molar-refractivity contribution in [3.8, 4) is 5.75 Å². The van der Waals surface area contributed by atoms with Gasteiger partial charge in [-0.15, -0.1) is 0 Å². The molecule has 0 saturated carbocycles. The molecule has 1 amide bonds. The second kappa shape index (κ2) is 9.00. The van der Waals surface area contributed by atoms with Crippen molar-refractivity contribution in [1.82, 2.24) is 0 Å². The molecule has 0 aromatic heterocycles. The summed E-state index contributed by atoms with van der Waals surface area (Å²) in [6.07, 6.45) is 0. The molecule has 0 unspecified atom stereocenters. The summed E-state index contributed by atoms with van der Waals surface area (Å²) < 4.78 is 33.8. The predicted molar refractivity (Wildman–Crippen MR) is 119 cm³/mol. The SMILES string of the molecule is CCOc1cccc(NC(=O)c2ccc(C)c(S(=O)(=O)Nc3ccc(C)cc3)c2)c1. The van der Waals surface area contributed by atoms with Gasteiger partial charge >= 0.3 is 0 Å². The monoisotopic (exact) mass is 424 g/mol. The number of aryl methyl sites for hydroxylation is 2. The van der Waals surface area contributed by atoms with Crippen LogP contribution in [0.1, 0.15) is 28.4 Å². The number of hydrogen-bond donors (Lipinski definition) is 2. The zero-order valence-electron chi connectivity index (χ0n) is 17.1. The molecule has 0 aliphatic rings. The number of carbonyl (C=O) groups excluding carboxylic acids is 1. The molecule has 156 valence electrons. The number of sulfonamides is 1. The standard InChI is InChI=1S/C23H24N2O4S/c1-4-29-21-7-5-6-20(15-21)24-23(26)18-11-10-17(3)22(14-18)30(27,28)25-19-12-8-16(2)9-13-19/h5-15,25H,4H2,1-3H3,(H,24,26). The van der Waals surface area contributed by atoms with Gasteiger partial charge in [0.2, 0.25) is 0 Å². The Morgan fingerprint density at radius 1 is 0.933 bits per heavy atom. The van der Waals surface area contributed by atoms with Gasteiger partial charge in [-0.05, 0) is 62.7 Å². The summed E-state index contributed by atoms with van der Waals surface area (Å²) in [6.45, 7) is 6.01. The largest absolute Gasteiger partial charge is 0.494 e. The van der Waals surface area contributed by atoms with Crippen LogP contribution in [0.5, 0.6) is 5.75 Å². The highest BCUT2D eigenvalue weighted by Crippen LogP contribution is 2.23. The van der Waals surface area contributed by atoms with Crippen molar-refractivity contribution >= 4 is 27.3 Å². The van der Waals surface area contributed by atoms with Crippen molar-refractivity contribution < 1.29 is 17.9 Å². The maximum Gasteiger partial charge on any atom is 0.262 e. The van der Waals surface area contributed by atoms with Crippen molar-refractivity contribution in [3.63, 3.8) is 0 Å². The third-order valence-electron chi connectivity index (χ3n) is 4.45. The van der Waals surface area contributed by atoms with Gasteiger partial charge in [0.25, 0.3) is 15.9 Å². The maximum absolute atomic E-state index is 12.9. The normalized spacial score (nSPS) is 11.0. The van der Waals surface area contributed by atoms with E-state index in [-0.39, 0.29) is 10.5 Å². The van der Waals surface area contributed by atoms with Gasteiger partial charge in [0.15, 0.2) is 0 Å². The third-order valence-corrected chi connectivity index (χ3v) is 5.97. The summed E-state index contributed by atoms with van der Waals surface area (Å²) in [5.41, 5.74) is 2.84. The highest BCUT2D eigenvalue weighted by atomic mass is 32.2. The van der Waals surface area contributed by atoms with Crippen LogP contribution >= 0.6 is 0 Å². The number of amides is 1. The third kappa shape index (κ3) is 5.18. The molecule has 0 radical (unpaired) electrons. The maximum atomic E-state index is 12.9. The summed E-state index contributed by atoms with van der Waals surface area (Å²) in [4.78, 5) is 12.8. The van der Waals surface area contributed by atoms with E-state index in [0.717, 1.165) is 5.56 Å².